The molecule has 1 spiro atoms. The highest BCUT2D eigenvalue weighted by molar-refractivity contribution is 5.79. The lowest BCUT2D eigenvalue weighted by atomic mass is 9.81. The van der Waals surface area contributed by atoms with Crippen molar-refractivity contribution in [2.75, 3.05) is 13.1 Å². The molecule has 3 fully saturated rings. The first-order chi connectivity index (χ1) is 6.77. The number of carbonyl (C=O) groups excluding carboxylic acids is 1. The van der Waals surface area contributed by atoms with Gasteiger partial charge in [0.2, 0.25) is 0 Å². The number of Topliss-reactive ketones (excluding diaryl/α,β-unsaturated/α-hetero) is 1. The quantitative estimate of drug-likeness (QED) is 0.635. The van der Waals surface area contributed by atoms with E-state index in [-0.39, 0.29) is 0 Å². The van der Waals surface area contributed by atoms with Crippen LogP contribution in [0, 0.1) is 17.3 Å². The van der Waals surface area contributed by atoms with Gasteiger partial charge in [0, 0.05) is 19.4 Å². The van der Waals surface area contributed by atoms with E-state index < -0.39 is 0 Å². The first-order valence-corrected chi connectivity index (χ1v) is 6.00. The van der Waals surface area contributed by atoms with E-state index in [0.29, 0.717) is 11.2 Å². The van der Waals surface area contributed by atoms with Crippen molar-refractivity contribution in [3.63, 3.8) is 0 Å². The Balaban J connectivity index is 1.75. The van der Waals surface area contributed by atoms with Crippen LogP contribution in [0.3, 0.4) is 0 Å². The molecule has 1 aliphatic heterocycles. The van der Waals surface area contributed by atoms with Crippen LogP contribution in [0.15, 0.2) is 0 Å². The summed E-state index contributed by atoms with van der Waals surface area (Å²) >= 11 is 0. The Labute approximate surface area is 85.4 Å². The standard InChI is InChI=1S/C12H19NO/c14-11-2-1-9-6-12(3-4-13-8-12)7-10(9)5-11/h9-10,13H,1-8H2/t9?,10-,12?/m0/s1. The van der Waals surface area contributed by atoms with Crippen molar-refractivity contribution >= 4 is 5.78 Å². The zero-order valence-electron chi connectivity index (χ0n) is 8.72. The highest BCUT2D eigenvalue weighted by Crippen LogP contribution is 2.53. The predicted octanol–water partition coefficient (Wildman–Crippen LogP) is 1.75. The van der Waals surface area contributed by atoms with Crippen LogP contribution in [0.5, 0.6) is 0 Å². The molecular weight excluding hydrogens is 174 g/mol. The van der Waals surface area contributed by atoms with Crippen LogP contribution >= 0.6 is 0 Å². The largest absolute Gasteiger partial charge is 0.316 e. The molecule has 0 aromatic carbocycles. The number of hydrogen-bond acceptors (Lipinski definition) is 2. The van der Waals surface area contributed by atoms with Gasteiger partial charge in [0.1, 0.15) is 5.78 Å². The maximum Gasteiger partial charge on any atom is 0.133 e. The Morgan fingerprint density at radius 3 is 2.93 bits per heavy atom. The number of fused-ring (bicyclic) bond motifs is 1. The molecule has 0 amide bonds. The second-order valence-electron chi connectivity index (χ2n) is 5.64. The number of rotatable bonds is 0. The summed E-state index contributed by atoms with van der Waals surface area (Å²) in [5.41, 5.74) is 0.597. The summed E-state index contributed by atoms with van der Waals surface area (Å²) < 4.78 is 0. The molecule has 3 rings (SSSR count). The Bertz CT molecular complexity index is 255. The van der Waals surface area contributed by atoms with E-state index in [4.69, 9.17) is 0 Å². The van der Waals surface area contributed by atoms with Gasteiger partial charge >= 0.3 is 0 Å². The maximum absolute atomic E-state index is 11.4. The zero-order valence-corrected chi connectivity index (χ0v) is 8.72. The van der Waals surface area contributed by atoms with Gasteiger partial charge in [-0.1, -0.05) is 0 Å². The monoisotopic (exact) mass is 193 g/mol. The highest BCUT2D eigenvalue weighted by atomic mass is 16.1. The van der Waals surface area contributed by atoms with E-state index in [2.05, 4.69) is 5.32 Å². The van der Waals surface area contributed by atoms with Gasteiger partial charge in [-0.2, -0.15) is 0 Å². The molecule has 0 aromatic heterocycles. The number of hydrogen-bond donors (Lipinski definition) is 1. The van der Waals surface area contributed by atoms with E-state index in [1.807, 2.05) is 0 Å². The smallest absolute Gasteiger partial charge is 0.133 e. The molecule has 78 valence electrons. The van der Waals surface area contributed by atoms with Gasteiger partial charge in [-0.15, -0.1) is 0 Å². The minimum Gasteiger partial charge on any atom is -0.316 e. The van der Waals surface area contributed by atoms with Gasteiger partial charge < -0.3 is 5.32 Å². The van der Waals surface area contributed by atoms with Crippen LogP contribution in [0.1, 0.15) is 38.5 Å². The van der Waals surface area contributed by atoms with Crippen molar-refractivity contribution in [2.24, 2.45) is 17.3 Å². The lowest BCUT2D eigenvalue weighted by Crippen LogP contribution is -2.20. The van der Waals surface area contributed by atoms with Gasteiger partial charge in [-0.25, -0.2) is 0 Å². The third-order valence-corrected chi connectivity index (χ3v) is 4.67. The second-order valence-corrected chi connectivity index (χ2v) is 5.64. The van der Waals surface area contributed by atoms with Gasteiger partial charge in [-0.3, -0.25) is 4.79 Å². The van der Waals surface area contributed by atoms with Crippen molar-refractivity contribution in [2.45, 2.75) is 38.5 Å². The minimum atomic E-state index is 0.522. The summed E-state index contributed by atoms with van der Waals surface area (Å²) in [4.78, 5) is 11.4. The summed E-state index contributed by atoms with van der Waals surface area (Å²) in [7, 11) is 0. The summed E-state index contributed by atoms with van der Waals surface area (Å²) in [6, 6.07) is 0. The lowest BCUT2D eigenvalue weighted by Gasteiger charge is -2.23. The van der Waals surface area contributed by atoms with Crippen LogP contribution < -0.4 is 5.32 Å². The van der Waals surface area contributed by atoms with E-state index >= 15 is 0 Å². The molecule has 0 bridgehead atoms. The highest BCUT2D eigenvalue weighted by Gasteiger charge is 2.47. The van der Waals surface area contributed by atoms with Crippen LogP contribution in [-0.4, -0.2) is 18.9 Å². The van der Waals surface area contributed by atoms with Crippen molar-refractivity contribution in [3.05, 3.63) is 0 Å². The molecule has 0 radical (unpaired) electrons. The van der Waals surface area contributed by atoms with E-state index in [0.717, 1.165) is 24.7 Å². The maximum atomic E-state index is 11.4. The summed E-state index contributed by atoms with van der Waals surface area (Å²) in [5.74, 6) is 2.15. The van der Waals surface area contributed by atoms with Crippen LogP contribution in [-0.2, 0) is 4.79 Å². The average Bonchev–Trinajstić information content (AvgIpc) is 2.72. The zero-order chi connectivity index (χ0) is 9.60. The first-order valence-electron chi connectivity index (χ1n) is 6.00. The summed E-state index contributed by atoms with van der Waals surface area (Å²) in [6.07, 6.45) is 7.03. The van der Waals surface area contributed by atoms with E-state index in [1.165, 1.54) is 38.8 Å². The molecule has 2 heteroatoms. The fraction of sp³-hybridized carbons (Fsp3) is 0.917. The molecular formula is C12H19NO. The van der Waals surface area contributed by atoms with Gasteiger partial charge in [0.15, 0.2) is 0 Å². The lowest BCUT2D eigenvalue weighted by molar-refractivity contribution is -0.122. The van der Waals surface area contributed by atoms with Gasteiger partial charge in [0.25, 0.3) is 0 Å². The normalized spacial score (nSPS) is 47.3. The number of nitrogens with one attached hydrogen (secondary N) is 1. The van der Waals surface area contributed by atoms with Gasteiger partial charge in [0.05, 0.1) is 0 Å². The van der Waals surface area contributed by atoms with Crippen molar-refractivity contribution in [1.29, 1.82) is 0 Å². The molecule has 1 N–H and O–H groups in total. The minimum absolute atomic E-state index is 0.522. The number of ketones is 1. The second kappa shape index (κ2) is 3.06. The molecule has 2 saturated carbocycles. The third kappa shape index (κ3) is 1.31. The average molecular weight is 193 g/mol. The van der Waals surface area contributed by atoms with Crippen molar-refractivity contribution < 1.29 is 4.79 Å². The number of carbonyl (C=O) groups is 1. The predicted molar refractivity (Wildman–Crippen MR) is 55.0 cm³/mol. The molecule has 2 aliphatic carbocycles. The Morgan fingerprint density at radius 1 is 1.29 bits per heavy atom. The molecule has 1 heterocycles. The SMILES string of the molecule is O=C1CCC2CC3(CCNC3)C[C@@H]2C1. The first kappa shape index (κ1) is 8.90. The molecule has 1 saturated heterocycles. The van der Waals surface area contributed by atoms with E-state index in [1.54, 1.807) is 0 Å². The molecule has 2 nitrogen and oxygen atoms in total. The summed E-state index contributed by atoms with van der Waals surface area (Å²) in [6.45, 7) is 2.42. The topological polar surface area (TPSA) is 29.1 Å². The van der Waals surface area contributed by atoms with E-state index in [9.17, 15) is 4.79 Å². The molecule has 3 atom stereocenters. The molecule has 3 aliphatic rings. The third-order valence-electron chi connectivity index (χ3n) is 4.67. The molecule has 2 unspecified atom stereocenters. The Morgan fingerprint density at radius 2 is 2.14 bits per heavy atom. The van der Waals surface area contributed by atoms with Crippen molar-refractivity contribution in [3.8, 4) is 0 Å². The Kier molecular flexibility index (Phi) is 1.94. The van der Waals surface area contributed by atoms with Crippen LogP contribution in [0.25, 0.3) is 0 Å². The fourth-order valence-electron chi connectivity index (χ4n) is 3.99. The molecule has 14 heavy (non-hydrogen) atoms. The Hall–Kier alpha value is -0.370. The van der Waals surface area contributed by atoms with Crippen LogP contribution in [0.2, 0.25) is 0 Å². The van der Waals surface area contributed by atoms with Crippen LogP contribution in [0.4, 0.5) is 0 Å². The van der Waals surface area contributed by atoms with Crippen molar-refractivity contribution in [1.82, 2.24) is 5.32 Å². The van der Waals surface area contributed by atoms with Gasteiger partial charge in [-0.05, 0) is 49.5 Å². The summed E-state index contributed by atoms with van der Waals surface area (Å²) in [5, 5.41) is 3.49. The fourth-order valence-corrected chi connectivity index (χ4v) is 3.99. The molecule has 0 aromatic rings.